The Kier molecular flexibility index (Phi) is 4.37. The second-order valence-corrected chi connectivity index (χ2v) is 8.67. The molecule has 0 aromatic heterocycles. The van der Waals surface area contributed by atoms with Gasteiger partial charge in [-0.15, -0.1) is 0 Å². The van der Waals surface area contributed by atoms with Crippen molar-refractivity contribution in [3.63, 3.8) is 0 Å². The third-order valence-electron chi connectivity index (χ3n) is 5.17. The molecule has 8 nitrogen and oxygen atoms in total. The van der Waals surface area contributed by atoms with Crippen LogP contribution in [0.15, 0.2) is 0 Å². The van der Waals surface area contributed by atoms with Crippen molar-refractivity contribution in [1.29, 1.82) is 0 Å². The molecule has 0 aromatic carbocycles. The third-order valence-corrected chi connectivity index (χ3v) is 6.48. The highest BCUT2D eigenvalue weighted by molar-refractivity contribution is 7.88. The molecular formula is C14H24N4O4S. The molecule has 0 N–H and O–H groups in total. The van der Waals surface area contributed by atoms with Crippen LogP contribution in [0.25, 0.3) is 0 Å². The predicted molar refractivity (Wildman–Crippen MR) is 84.1 cm³/mol. The summed E-state index contributed by atoms with van der Waals surface area (Å²) in [6.07, 6.45) is 2.80. The van der Waals surface area contributed by atoms with E-state index in [1.54, 1.807) is 11.9 Å². The van der Waals surface area contributed by atoms with E-state index in [9.17, 15) is 18.0 Å². The molecule has 0 spiro atoms. The molecule has 3 aliphatic heterocycles. The van der Waals surface area contributed by atoms with Gasteiger partial charge in [-0.3, -0.25) is 14.5 Å². The maximum absolute atomic E-state index is 12.3. The van der Waals surface area contributed by atoms with Crippen LogP contribution in [0.3, 0.4) is 0 Å². The van der Waals surface area contributed by atoms with Crippen LogP contribution in [0.2, 0.25) is 0 Å². The second kappa shape index (κ2) is 6.03. The molecular weight excluding hydrogens is 320 g/mol. The smallest absolute Gasteiger partial charge is 0.246 e. The van der Waals surface area contributed by atoms with E-state index in [2.05, 4.69) is 4.90 Å². The number of rotatable bonds is 2. The molecule has 2 amide bonds. The molecule has 0 radical (unpaired) electrons. The van der Waals surface area contributed by atoms with Crippen molar-refractivity contribution >= 4 is 21.8 Å². The Bertz CT molecular complexity index is 600. The molecule has 1 atom stereocenters. The Morgan fingerprint density at radius 1 is 1.04 bits per heavy atom. The fraction of sp³-hybridized carbons (Fsp3) is 0.857. The summed E-state index contributed by atoms with van der Waals surface area (Å²) in [4.78, 5) is 29.8. The number of sulfonamides is 1. The van der Waals surface area contributed by atoms with Crippen LogP contribution >= 0.6 is 0 Å². The highest BCUT2D eigenvalue weighted by atomic mass is 32.2. The molecule has 0 bridgehead atoms. The van der Waals surface area contributed by atoms with E-state index < -0.39 is 10.0 Å². The number of nitrogens with zero attached hydrogens (tertiary/aromatic N) is 4. The fourth-order valence-electron chi connectivity index (χ4n) is 3.81. The minimum atomic E-state index is -3.12. The molecule has 3 saturated heterocycles. The van der Waals surface area contributed by atoms with E-state index in [1.165, 1.54) is 15.5 Å². The number of likely N-dealkylation sites (N-methyl/N-ethyl adjacent to an activating group) is 1. The summed E-state index contributed by atoms with van der Waals surface area (Å²) in [6, 6.07) is -0.103. The summed E-state index contributed by atoms with van der Waals surface area (Å²) in [6.45, 7) is 3.11. The number of piperidine rings is 1. The summed E-state index contributed by atoms with van der Waals surface area (Å²) >= 11 is 0. The lowest BCUT2D eigenvalue weighted by molar-refractivity contribution is -0.159. The normalized spacial score (nSPS) is 29.0. The lowest BCUT2D eigenvalue weighted by Crippen LogP contribution is -2.67. The first-order valence-corrected chi connectivity index (χ1v) is 9.86. The summed E-state index contributed by atoms with van der Waals surface area (Å²) in [5.74, 6) is 0.0199. The van der Waals surface area contributed by atoms with E-state index in [0.717, 1.165) is 19.4 Å². The zero-order chi connectivity index (χ0) is 16.8. The van der Waals surface area contributed by atoms with Gasteiger partial charge in [0.05, 0.1) is 12.8 Å². The van der Waals surface area contributed by atoms with E-state index in [0.29, 0.717) is 26.2 Å². The van der Waals surface area contributed by atoms with Crippen LogP contribution in [0.1, 0.15) is 12.8 Å². The van der Waals surface area contributed by atoms with Gasteiger partial charge in [0.15, 0.2) is 0 Å². The minimum Gasteiger partial charge on any atom is -0.335 e. The number of amides is 2. The van der Waals surface area contributed by atoms with Gasteiger partial charge < -0.3 is 9.80 Å². The van der Waals surface area contributed by atoms with Crippen molar-refractivity contribution in [3.05, 3.63) is 0 Å². The molecule has 3 heterocycles. The first-order valence-electron chi connectivity index (χ1n) is 8.01. The first-order chi connectivity index (χ1) is 10.8. The van der Waals surface area contributed by atoms with Crippen LogP contribution < -0.4 is 0 Å². The molecule has 3 aliphatic rings. The number of fused-ring (bicyclic) bond motifs is 1. The van der Waals surface area contributed by atoms with Crippen LogP contribution in [-0.2, 0) is 19.6 Å². The Hall–Kier alpha value is -1.19. The van der Waals surface area contributed by atoms with E-state index in [4.69, 9.17) is 0 Å². The standard InChI is InChI=1S/C14H24N4O4S/c1-15-10-13(19)18-8-7-16(9-12(18)14(15)20)11-3-5-17(6-4-11)23(2,21)22/h11-12H,3-10H2,1-2H3/t12-/m1/s1. The van der Waals surface area contributed by atoms with Crippen molar-refractivity contribution in [2.45, 2.75) is 24.9 Å². The third kappa shape index (κ3) is 3.22. The number of carbonyl (C=O) groups excluding carboxylic acids is 2. The Labute approximate surface area is 137 Å². The summed E-state index contributed by atoms with van der Waals surface area (Å²) < 4.78 is 24.7. The average Bonchev–Trinajstić information content (AvgIpc) is 2.51. The van der Waals surface area contributed by atoms with Crippen molar-refractivity contribution in [1.82, 2.24) is 19.0 Å². The molecule has 0 aliphatic carbocycles. The van der Waals surface area contributed by atoms with Gasteiger partial charge in [-0.2, -0.15) is 0 Å². The quantitative estimate of drug-likeness (QED) is 0.602. The summed E-state index contributed by atoms with van der Waals surface area (Å²) in [5, 5.41) is 0. The minimum absolute atomic E-state index is 0.00266. The van der Waals surface area contributed by atoms with Gasteiger partial charge in [-0.25, -0.2) is 12.7 Å². The highest BCUT2D eigenvalue weighted by Crippen LogP contribution is 2.24. The number of carbonyl (C=O) groups is 2. The molecule has 23 heavy (non-hydrogen) atoms. The fourth-order valence-corrected chi connectivity index (χ4v) is 4.68. The Morgan fingerprint density at radius 2 is 1.70 bits per heavy atom. The van der Waals surface area contributed by atoms with Gasteiger partial charge in [-0.05, 0) is 12.8 Å². The SMILES string of the molecule is CN1CC(=O)N2CCN(C3CCN(S(C)(=O)=O)CC3)C[C@@H]2C1=O. The molecule has 0 saturated carbocycles. The van der Waals surface area contributed by atoms with Gasteiger partial charge >= 0.3 is 0 Å². The number of piperazine rings is 2. The van der Waals surface area contributed by atoms with Gasteiger partial charge in [0, 0.05) is 45.8 Å². The maximum Gasteiger partial charge on any atom is 0.246 e. The molecule has 0 unspecified atom stereocenters. The molecule has 3 fully saturated rings. The number of hydrogen-bond acceptors (Lipinski definition) is 5. The average molecular weight is 344 g/mol. The summed E-state index contributed by atoms with van der Waals surface area (Å²) in [7, 11) is -1.45. The second-order valence-electron chi connectivity index (χ2n) is 6.69. The van der Waals surface area contributed by atoms with Crippen LogP contribution in [0.5, 0.6) is 0 Å². The molecule has 130 valence electrons. The van der Waals surface area contributed by atoms with Crippen LogP contribution in [0, 0.1) is 0 Å². The lowest BCUT2D eigenvalue weighted by Gasteiger charge is -2.48. The largest absolute Gasteiger partial charge is 0.335 e. The van der Waals surface area contributed by atoms with E-state index in [-0.39, 0.29) is 30.4 Å². The van der Waals surface area contributed by atoms with Gasteiger partial charge in [-0.1, -0.05) is 0 Å². The predicted octanol–water partition coefficient (Wildman–Crippen LogP) is -1.60. The van der Waals surface area contributed by atoms with E-state index in [1.807, 2.05) is 0 Å². The van der Waals surface area contributed by atoms with Crippen LogP contribution in [0.4, 0.5) is 0 Å². The van der Waals surface area contributed by atoms with Crippen LogP contribution in [-0.4, -0.2) is 104 Å². The molecule has 0 aromatic rings. The van der Waals surface area contributed by atoms with Gasteiger partial charge in [0.25, 0.3) is 0 Å². The van der Waals surface area contributed by atoms with Gasteiger partial charge in [0.1, 0.15) is 6.04 Å². The van der Waals surface area contributed by atoms with Crippen molar-refractivity contribution in [2.24, 2.45) is 0 Å². The summed E-state index contributed by atoms with van der Waals surface area (Å²) in [5.41, 5.74) is 0. The van der Waals surface area contributed by atoms with Crippen molar-refractivity contribution in [3.8, 4) is 0 Å². The topological polar surface area (TPSA) is 81.2 Å². The Morgan fingerprint density at radius 3 is 2.30 bits per heavy atom. The first kappa shape index (κ1) is 16.7. The van der Waals surface area contributed by atoms with Crippen molar-refractivity contribution in [2.75, 3.05) is 52.6 Å². The molecule has 9 heteroatoms. The van der Waals surface area contributed by atoms with Gasteiger partial charge in [0.2, 0.25) is 21.8 Å². The maximum atomic E-state index is 12.3. The zero-order valence-corrected chi connectivity index (χ0v) is 14.5. The van der Waals surface area contributed by atoms with Crippen molar-refractivity contribution < 1.29 is 18.0 Å². The monoisotopic (exact) mass is 344 g/mol. The number of hydrogen-bond donors (Lipinski definition) is 0. The Balaban J connectivity index is 1.63. The van der Waals surface area contributed by atoms with E-state index >= 15 is 0 Å². The molecule has 3 rings (SSSR count). The zero-order valence-electron chi connectivity index (χ0n) is 13.6. The lowest BCUT2D eigenvalue weighted by atomic mass is 10.00. The highest BCUT2D eigenvalue weighted by Gasteiger charge is 2.43.